The third-order valence-electron chi connectivity index (χ3n) is 4.40. The van der Waals surface area contributed by atoms with Crippen molar-refractivity contribution in [1.82, 2.24) is 15.2 Å². The van der Waals surface area contributed by atoms with E-state index in [1.54, 1.807) is 6.20 Å². The SMILES string of the molecule is CN1CCCC1CCNC(=O)Nc1ccc(Br)c2ncccc12. The zero-order valence-electron chi connectivity index (χ0n) is 13.2. The molecule has 0 radical (unpaired) electrons. The number of amides is 2. The highest BCUT2D eigenvalue weighted by molar-refractivity contribution is 9.10. The maximum atomic E-state index is 12.1. The van der Waals surface area contributed by atoms with E-state index in [0.29, 0.717) is 12.6 Å². The molecule has 0 aliphatic carbocycles. The summed E-state index contributed by atoms with van der Waals surface area (Å²) < 4.78 is 0.920. The lowest BCUT2D eigenvalue weighted by molar-refractivity contribution is 0.249. The first-order chi connectivity index (χ1) is 11.1. The number of fused-ring (bicyclic) bond motifs is 1. The summed E-state index contributed by atoms with van der Waals surface area (Å²) in [4.78, 5) is 18.8. The first kappa shape index (κ1) is 16.2. The number of aromatic nitrogens is 1. The van der Waals surface area contributed by atoms with Crippen LogP contribution in [0.15, 0.2) is 34.9 Å². The van der Waals surface area contributed by atoms with E-state index in [4.69, 9.17) is 0 Å². The molecule has 5 nitrogen and oxygen atoms in total. The van der Waals surface area contributed by atoms with Gasteiger partial charge in [-0.3, -0.25) is 4.98 Å². The molecular formula is C17H21BrN4O. The highest BCUT2D eigenvalue weighted by Gasteiger charge is 2.20. The van der Waals surface area contributed by atoms with Crippen LogP contribution in [0.4, 0.5) is 10.5 Å². The number of anilines is 1. The summed E-state index contributed by atoms with van der Waals surface area (Å²) in [7, 11) is 2.15. The maximum Gasteiger partial charge on any atom is 0.319 e. The van der Waals surface area contributed by atoms with E-state index in [0.717, 1.165) is 34.0 Å². The average molecular weight is 377 g/mol. The van der Waals surface area contributed by atoms with Gasteiger partial charge >= 0.3 is 6.03 Å². The molecule has 1 fully saturated rings. The molecule has 1 saturated heterocycles. The van der Waals surface area contributed by atoms with Gasteiger partial charge in [-0.25, -0.2) is 4.79 Å². The summed E-state index contributed by atoms with van der Waals surface area (Å²) in [6.07, 6.45) is 5.22. The van der Waals surface area contributed by atoms with E-state index < -0.39 is 0 Å². The van der Waals surface area contributed by atoms with Crippen molar-refractivity contribution < 1.29 is 4.79 Å². The quantitative estimate of drug-likeness (QED) is 0.856. The minimum atomic E-state index is -0.168. The first-order valence-corrected chi connectivity index (χ1v) is 8.73. The Kier molecular flexibility index (Phi) is 5.13. The standard InChI is InChI=1S/C17H21BrN4O/c1-22-11-3-4-12(22)8-10-20-17(23)21-15-7-6-14(18)16-13(15)5-2-9-19-16/h2,5-7,9,12H,3-4,8,10-11H2,1H3,(H2,20,21,23). The lowest BCUT2D eigenvalue weighted by Gasteiger charge is -2.19. The van der Waals surface area contributed by atoms with Gasteiger partial charge in [0.1, 0.15) is 0 Å². The van der Waals surface area contributed by atoms with Gasteiger partial charge in [0, 0.05) is 28.6 Å². The number of carbonyl (C=O) groups is 1. The molecule has 1 aromatic heterocycles. The van der Waals surface area contributed by atoms with Gasteiger partial charge < -0.3 is 15.5 Å². The Morgan fingerprint density at radius 2 is 2.30 bits per heavy atom. The molecule has 2 heterocycles. The predicted octanol–water partition coefficient (Wildman–Crippen LogP) is 3.60. The molecule has 1 unspecified atom stereocenters. The van der Waals surface area contributed by atoms with Crippen LogP contribution >= 0.6 is 15.9 Å². The highest BCUT2D eigenvalue weighted by atomic mass is 79.9. The number of carbonyl (C=O) groups excluding carboxylic acids is 1. The van der Waals surface area contributed by atoms with Crippen LogP contribution in [-0.2, 0) is 0 Å². The summed E-state index contributed by atoms with van der Waals surface area (Å²) in [5.41, 5.74) is 1.62. The summed E-state index contributed by atoms with van der Waals surface area (Å²) in [5.74, 6) is 0. The fourth-order valence-corrected chi connectivity index (χ4v) is 3.56. The number of hydrogen-bond acceptors (Lipinski definition) is 3. The molecule has 2 aromatic rings. The third kappa shape index (κ3) is 3.82. The number of nitrogens with zero attached hydrogens (tertiary/aromatic N) is 2. The van der Waals surface area contributed by atoms with Crippen molar-refractivity contribution in [2.24, 2.45) is 0 Å². The van der Waals surface area contributed by atoms with Crippen LogP contribution in [0.25, 0.3) is 10.9 Å². The van der Waals surface area contributed by atoms with Crippen molar-refractivity contribution in [3.8, 4) is 0 Å². The predicted molar refractivity (Wildman–Crippen MR) is 96.7 cm³/mol. The largest absolute Gasteiger partial charge is 0.338 e. The second kappa shape index (κ2) is 7.27. The van der Waals surface area contributed by atoms with Gasteiger partial charge in [-0.1, -0.05) is 0 Å². The van der Waals surface area contributed by atoms with Gasteiger partial charge in [0.15, 0.2) is 0 Å². The number of likely N-dealkylation sites (tertiary alicyclic amines) is 1. The number of nitrogens with one attached hydrogen (secondary N) is 2. The second-order valence-corrected chi connectivity index (χ2v) is 6.80. The van der Waals surface area contributed by atoms with Crippen LogP contribution in [0.3, 0.4) is 0 Å². The summed E-state index contributed by atoms with van der Waals surface area (Å²) in [6, 6.07) is 8.03. The van der Waals surface area contributed by atoms with Crippen molar-refractivity contribution in [1.29, 1.82) is 0 Å². The molecular weight excluding hydrogens is 356 g/mol. The molecule has 0 saturated carbocycles. The number of halogens is 1. The minimum Gasteiger partial charge on any atom is -0.338 e. The number of pyridine rings is 1. The summed E-state index contributed by atoms with van der Waals surface area (Å²) in [5, 5.41) is 6.80. The highest BCUT2D eigenvalue weighted by Crippen LogP contribution is 2.28. The van der Waals surface area contributed by atoms with Crippen LogP contribution in [0.5, 0.6) is 0 Å². The van der Waals surface area contributed by atoms with Crippen molar-refractivity contribution in [2.75, 3.05) is 25.5 Å². The monoisotopic (exact) mass is 376 g/mol. The van der Waals surface area contributed by atoms with E-state index in [1.807, 2.05) is 24.3 Å². The maximum absolute atomic E-state index is 12.1. The van der Waals surface area contributed by atoms with Crippen molar-refractivity contribution in [2.45, 2.75) is 25.3 Å². The van der Waals surface area contributed by atoms with Gasteiger partial charge in [-0.2, -0.15) is 0 Å². The molecule has 2 N–H and O–H groups in total. The van der Waals surface area contributed by atoms with Crippen molar-refractivity contribution in [3.05, 3.63) is 34.9 Å². The molecule has 6 heteroatoms. The van der Waals surface area contributed by atoms with Crippen LogP contribution in [0, 0.1) is 0 Å². The van der Waals surface area contributed by atoms with Gasteiger partial charge in [0.2, 0.25) is 0 Å². The fraction of sp³-hybridized carbons (Fsp3) is 0.412. The van der Waals surface area contributed by atoms with E-state index in [1.165, 1.54) is 12.8 Å². The smallest absolute Gasteiger partial charge is 0.319 e. The molecule has 3 rings (SSSR count). The van der Waals surface area contributed by atoms with Gasteiger partial charge in [-0.15, -0.1) is 0 Å². The normalized spacial score (nSPS) is 18.3. The zero-order valence-corrected chi connectivity index (χ0v) is 14.8. The molecule has 2 amide bonds. The second-order valence-electron chi connectivity index (χ2n) is 5.94. The molecule has 1 aliphatic rings. The summed E-state index contributed by atoms with van der Waals surface area (Å²) >= 11 is 3.49. The molecule has 1 aliphatic heterocycles. The number of hydrogen-bond donors (Lipinski definition) is 2. The van der Waals surface area contributed by atoms with Crippen LogP contribution in [0.1, 0.15) is 19.3 Å². The third-order valence-corrected chi connectivity index (χ3v) is 5.04. The molecule has 1 atom stereocenters. The Labute approximate surface area is 144 Å². The number of urea groups is 1. The Hall–Kier alpha value is -1.66. The number of benzene rings is 1. The molecule has 1 aromatic carbocycles. The Balaban J connectivity index is 1.59. The van der Waals surface area contributed by atoms with E-state index in [-0.39, 0.29) is 6.03 Å². The Morgan fingerprint density at radius 3 is 3.09 bits per heavy atom. The van der Waals surface area contributed by atoms with Gasteiger partial charge in [0.05, 0.1) is 11.2 Å². The van der Waals surface area contributed by atoms with Gasteiger partial charge in [-0.05, 0) is 73.1 Å². The topological polar surface area (TPSA) is 57.3 Å². The van der Waals surface area contributed by atoms with E-state index in [2.05, 4.69) is 43.5 Å². The zero-order chi connectivity index (χ0) is 16.2. The molecule has 0 bridgehead atoms. The van der Waals surface area contributed by atoms with Crippen molar-refractivity contribution >= 4 is 38.6 Å². The Morgan fingerprint density at radius 1 is 1.43 bits per heavy atom. The van der Waals surface area contributed by atoms with Crippen LogP contribution in [-0.4, -0.2) is 42.1 Å². The summed E-state index contributed by atoms with van der Waals surface area (Å²) in [6.45, 7) is 1.85. The first-order valence-electron chi connectivity index (χ1n) is 7.93. The van der Waals surface area contributed by atoms with Gasteiger partial charge in [0.25, 0.3) is 0 Å². The molecule has 122 valence electrons. The lowest BCUT2D eigenvalue weighted by Crippen LogP contribution is -2.34. The van der Waals surface area contributed by atoms with Crippen LogP contribution < -0.4 is 10.6 Å². The Bertz CT molecular complexity index is 706. The number of rotatable bonds is 4. The fourth-order valence-electron chi connectivity index (χ4n) is 3.11. The lowest BCUT2D eigenvalue weighted by atomic mass is 10.1. The average Bonchev–Trinajstić information content (AvgIpc) is 2.96. The van der Waals surface area contributed by atoms with E-state index in [9.17, 15) is 4.79 Å². The molecule has 23 heavy (non-hydrogen) atoms. The molecule has 0 spiro atoms. The minimum absolute atomic E-state index is 0.168. The van der Waals surface area contributed by atoms with E-state index >= 15 is 0 Å². The van der Waals surface area contributed by atoms with Crippen molar-refractivity contribution in [3.63, 3.8) is 0 Å². The van der Waals surface area contributed by atoms with Crippen LogP contribution in [0.2, 0.25) is 0 Å².